The second kappa shape index (κ2) is 4.83. The van der Waals surface area contributed by atoms with Gasteiger partial charge in [-0.05, 0) is 44.0 Å². The lowest BCUT2D eigenvalue weighted by atomic mass is 9.73. The zero-order valence-corrected chi connectivity index (χ0v) is 10.5. The molecule has 0 aromatic heterocycles. The van der Waals surface area contributed by atoms with E-state index in [1.807, 2.05) is 6.07 Å². The minimum atomic E-state index is -0.221. The molecular formula is C13H17ClFNO. The lowest BCUT2D eigenvalue weighted by Crippen LogP contribution is -2.44. The normalized spacial score (nSPS) is 21.2. The van der Waals surface area contributed by atoms with Crippen molar-refractivity contribution in [1.29, 1.82) is 0 Å². The topological polar surface area (TPSA) is 21.3 Å². The van der Waals surface area contributed by atoms with E-state index in [1.165, 1.54) is 6.07 Å². The number of benzene rings is 1. The maximum absolute atomic E-state index is 13.5. The molecule has 0 saturated carbocycles. The summed E-state index contributed by atoms with van der Waals surface area (Å²) in [5.41, 5.74) is 1.28. The Morgan fingerprint density at radius 2 is 2.00 bits per heavy atom. The van der Waals surface area contributed by atoms with Crippen LogP contribution in [0.5, 0.6) is 5.75 Å². The lowest BCUT2D eigenvalue weighted by molar-refractivity contribution is 0.0814. The first-order valence-electron chi connectivity index (χ1n) is 5.90. The Morgan fingerprint density at radius 3 is 2.76 bits per heavy atom. The molecule has 2 nitrogen and oxygen atoms in total. The fourth-order valence-electron chi connectivity index (χ4n) is 2.81. The third-order valence-corrected chi connectivity index (χ3v) is 3.80. The minimum absolute atomic E-state index is 0. The molecule has 17 heavy (non-hydrogen) atoms. The van der Waals surface area contributed by atoms with E-state index in [4.69, 9.17) is 4.74 Å². The van der Waals surface area contributed by atoms with Crippen LogP contribution in [0.1, 0.15) is 18.4 Å². The summed E-state index contributed by atoms with van der Waals surface area (Å²) in [5.74, 6) is 0.257. The van der Waals surface area contributed by atoms with Gasteiger partial charge in [0.05, 0.1) is 6.61 Å². The zero-order valence-electron chi connectivity index (χ0n) is 9.67. The molecular weight excluding hydrogens is 241 g/mol. The Kier molecular flexibility index (Phi) is 3.59. The monoisotopic (exact) mass is 257 g/mol. The van der Waals surface area contributed by atoms with E-state index >= 15 is 0 Å². The van der Waals surface area contributed by atoms with Crippen LogP contribution in [-0.2, 0) is 6.42 Å². The second-order valence-electron chi connectivity index (χ2n) is 4.94. The maximum Gasteiger partial charge on any atom is 0.165 e. The van der Waals surface area contributed by atoms with Gasteiger partial charge in [0.1, 0.15) is 0 Å². The van der Waals surface area contributed by atoms with Crippen molar-refractivity contribution in [3.8, 4) is 5.75 Å². The Morgan fingerprint density at radius 1 is 1.24 bits per heavy atom. The van der Waals surface area contributed by atoms with Crippen LogP contribution >= 0.6 is 12.4 Å². The molecule has 0 bridgehead atoms. The smallest absolute Gasteiger partial charge is 0.165 e. The first kappa shape index (κ1) is 12.7. The lowest BCUT2D eigenvalue weighted by Gasteiger charge is -2.41. The van der Waals surface area contributed by atoms with Gasteiger partial charge in [-0.15, -0.1) is 12.4 Å². The Hall–Kier alpha value is -0.800. The molecule has 1 aromatic rings. The molecule has 1 N–H and O–H groups in total. The number of rotatable bonds is 0. The molecule has 0 atom stereocenters. The molecule has 2 heterocycles. The summed E-state index contributed by atoms with van der Waals surface area (Å²) in [6, 6.07) is 5.23. The Labute approximate surface area is 107 Å². The number of hydrogen-bond donors (Lipinski definition) is 1. The Balaban J connectivity index is 0.00000108. The Bertz CT molecular complexity index is 404. The van der Waals surface area contributed by atoms with E-state index in [0.717, 1.165) is 37.9 Å². The molecule has 4 heteroatoms. The van der Waals surface area contributed by atoms with Gasteiger partial charge in [-0.3, -0.25) is 0 Å². The summed E-state index contributed by atoms with van der Waals surface area (Å²) in [6.07, 6.45) is 3.22. The van der Waals surface area contributed by atoms with Crippen molar-refractivity contribution in [2.45, 2.75) is 19.3 Å². The van der Waals surface area contributed by atoms with Crippen LogP contribution in [0.3, 0.4) is 0 Å². The molecule has 3 rings (SSSR count). The summed E-state index contributed by atoms with van der Waals surface area (Å²) < 4.78 is 19.1. The fourth-order valence-corrected chi connectivity index (χ4v) is 2.81. The summed E-state index contributed by atoms with van der Waals surface area (Å²) in [5, 5.41) is 3.36. The van der Waals surface area contributed by atoms with E-state index in [-0.39, 0.29) is 23.6 Å². The van der Waals surface area contributed by atoms with E-state index < -0.39 is 0 Å². The number of para-hydroxylation sites is 1. The van der Waals surface area contributed by atoms with E-state index in [9.17, 15) is 4.39 Å². The number of halogens is 2. The van der Waals surface area contributed by atoms with Gasteiger partial charge in [0.15, 0.2) is 11.6 Å². The van der Waals surface area contributed by atoms with Gasteiger partial charge < -0.3 is 10.1 Å². The van der Waals surface area contributed by atoms with Crippen molar-refractivity contribution in [3.05, 3.63) is 29.6 Å². The van der Waals surface area contributed by atoms with Crippen LogP contribution in [0.15, 0.2) is 18.2 Å². The molecule has 94 valence electrons. The predicted molar refractivity (Wildman–Crippen MR) is 67.4 cm³/mol. The SMILES string of the molecule is Cl.Fc1cccc2c1OCC1(CCNCC1)C2. The number of nitrogens with one attached hydrogen (secondary N) is 1. The average Bonchev–Trinajstić information content (AvgIpc) is 2.30. The highest BCUT2D eigenvalue weighted by Gasteiger charge is 2.37. The van der Waals surface area contributed by atoms with Crippen molar-refractivity contribution in [2.24, 2.45) is 5.41 Å². The van der Waals surface area contributed by atoms with Crippen molar-refractivity contribution in [2.75, 3.05) is 19.7 Å². The van der Waals surface area contributed by atoms with Crippen LogP contribution in [0, 0.1) is 11.2 Å². The second-order valence-corrected chi connectivity index (χ2v) is 4.94. The number of fused-ring (bicyclic) bond motifs is 1. The van der Waals surface area contributed by atoms with Crippen LogP contribution < -0.4 is 10.1 Å². The van der Waals surface area contributed by atoms with Gasteiger partial charge in [0.25, 0.3) is 0 Å². The molecule has 1 saturated heterocycles. The zero-order chi connectivity index (χ0) is 11.0. The van der Waals surface area contributed by atoms with Gasteiger partial charge in [-0.2, -0.15) is 0 Å². The van der Waals surface area contributed by atoms with E-state index in [1.54, 1.807) is 6.07 Å². The summed E-state index contributed by atoms with van der Waals surface area (Å²) in [4.78, 5) is 0. The van der Waals surface area contributed by atoms with Gasteiger partial charge in [-0.1, -0.05) is 12.1 Å². The molecule has 0 aliphatic carbocycles. The van der Waals surface area contributed by atoms with Crippen LogP contribution in [-0.4, -0.2) is 19.7 Å². The number of hydrogen-bond acceptors (Lipinski definition) is 2. The fraction of sp³-hybridized carbons (Fsp3) is 0.538. The van der Waals surface area contributed by atoms with Gasteiger partial charge in [0.2, 0.25) is 0 Å². The predicted octanol–water partition coefficient (Wildman–Crippen LogP) is 2.55. The van der Waals surface area contributed by atoms with Crippen molar-refractivity contribution >= 4 is 12.4 Å². The molecule has 2 aliphatic heterocycles. The molecule has 0 unspecified atom stereocenters. The van der Waals surface area contributed by atoms with Crippen molar-refractivity contribution in [3.63, 3.8) is 0 Å². The summed E-state index contributed by atoms with van der Waals surface area (Å²) in [6.45, 7) is 2.77. The minimum Gasteiger partial charge on any atom is -0.490 e. The van der Waals surface area contributed by atoms with E-state index in [0.29, 0.717) is 12.4 Å². The molecule has 2 aliphatic rings. The summed E-state index contributed by atoms with van der Waals surface area (Å²) in [7, 11) is 0. The quantitative estimate of drug-likeness (QED) is 0.771. The average molecular weight is 258 g/mol. The maximum atomic E-state index is 13.5. The largest absolute Gasteiger partial charge is 0.490 e. The van der Waals surface area contributed by atoms with Crippen LogP contribution in [0.25, 0.3) is 0 Å². The molecule has 1 aromatic carbocycles. The van der Waals surface area contributed by atoms with Crippen LogP contribution in [0.2, 0.25) is 0 Å². The first-order chi connectivity index (χ1) is 7.79. The number of piperidine rings is 1. The molecule has 1 spiro atoms. The highest BCUT2D eigenvalue weighted by Crippen LogP contribution is 2.41. The molecule has 1 fully saturated rings. The van der Waals surface area contributed by atoms with Crippen LogP contribution in [0.4, 0.5) is 4.39 Å². The highest BCUT2D eigenvalue weighted by atomic mass is 35.5. The van der Waals surface area contributed by atoms with Gasteiger partial charge >= 0.3 is 0 Å². The standard InChI is InChI=1S/C13H16FNO.ClH/c14-11-3-1-2-10-8-13(9-16-12(10)11)4-6-15-7-5-13;/h1-3,15H,4-9H2;1H. The van der Waals surface area contributed by atoms with Crippen molar-refractivity contribution < 1.29 is 9.13 Å². The third-order valence-electron chi connectivity index (χ3n) is 3.80. The van der Waals surface area contributed by atoms with Gasteiger partial charge in [0, 0.05) is 5.41 Å². The van der Waals surface area contributed by atoms with Gasteiger partial charge in [-0.25, -0.2) is 4.39 Å². The molecule has 0 radical (unpaired) electrons. The highest BCUT2D eigenvalue weighted by molar-refractivity contribution is 5.85. The third kappa shape index (κ3) is 2.26. The molecule has 0 amide bonds. The first-order valence-corrected chi connectivity index (χ1v) is 5.90. The van der Waals surface area contributed by atoms with Crippen molar-refractivity contribution in [1.82, 2.24) is 5.32 Å². The number of ether oxygens (including phenoxy) is 1. The summed E-state index contributed by atoms with van der Waals surface area (Å²) >= 11 is 0. The van der Waals surface area contributed by atoms with E-state index in [2.05, 4.69) is 5.32 Å².